The van der Waals surface area contributed by atoms with E-state index >= 15 is 0 Å². The normalized spacial score (nSPS) is 12.5. The van der Waals surface area contributed by atoms with E-state index in [0.29, 0.717) is 5.56 Å². The number of nitrogens with zero attached hydrogens (tertiary/aromatic N) is 1. The lowest BCUT2D eigenvalue weighted by atomic mass is 10.0. The van der Waals surface area contributed by atoms with Gasteiger partial charge in [-0.2, -0.15) is 0 Å². The van der Waals surface area contributed by atoms with Crippen LogP contribution >= 0.6 is 0 Å². The lowest BCUT2D eigenvalue weighted by Crippen LogP contribution is -2.24. The van der Waals surface area contributed by atoms with E-state index in [9.17, 15) is 4.39 Å². The summed E-state index contributed by atoms with van der Waals surface area (Å²) in [6.45, 7) is 5.47. The molecule has 0 aliphatic carbocycles. The van der Waals surface area contributed by atoms with Gasteiger partial charge in [-0.15, -0.1) is 0 Å². The molecule has 1 rings (SSSR count). The lowest BCUT2D eigenvalue weighted by molar-refractivity contribution is 0.196. The quantitative estimate of drug-likeness (QED) is 0.770. The highest BCUT2D eigenvalue weighted by atomic mass is 19.1. The molecule has 0 aliphatic rings. The number of aryl methyl sites for hydroxylation is 1. The van der Waals surface area contributed by atoms with Gasteiger partial charge in [-0.1, -0.05) is 0 Å². The summed E-state index contributed by atoms with van der Waals surface area (Å²) >= 11 is 0. The van der Waals surface area contributed by atoms with E-state index in [1.165, 1.54) is 0 Å². The van der Waals surface area contributed by atoms with E-state index in [-0.39, 0.29) is 11.9 Å². The van der Waals surface area contributed by atoms with E-state index in [2.05, 4.69) is 10.2 Å². The van der Waals surface area contributed by atoms with Gasteiger partial charge in [-0.3, -0.25) is 0 Å². The van der Waals surface area contributed by atoms with Gasteiger partial charge in [0.2, 0.25) is 0 Å². The van der Waals surface area contributed by atoms with Crippen molar-refractivity contribution in [1.29, 1.82) is 0 Å². The SMILES string of the molecule is CNC(C)c1cc(F)c(C)cc1N(C)CCCOC. The molecule has 0 aromatic heterocycles. The molecule has 0 amide bonds. The third-order valence-corrected chi connectivity index (χ3v) is 3.46. The molecule has 0 bridgehead atoms. The summed E-state index contributed by atoms with van der Waals surface area (Å²) in [6, 6.07) is 3.68. The van der Waals surface area contributed by atoms with E-state index < -0.39 is 0 Å². The van der Waals surface area contributed by atoms with Crippen molar-refractivity contribution in [2.75, 3.05) is 39.3 Å². The minimum Gasteiger partial charge on any atom is -0.385 e. The smallest absolute Gasteiger partial charge is 0.126 e. The van der Waals surface area contributed by atoms with Gasteiger partial charge in [0.05, 0.1) is 0 Å². The van der Waals surface area contributed by atoms with Gasteiger partial charge in [-0.05, 0) is 50.6 Å². The fraction of sp³-hybridized carbons (Fsp3) is 0.600. The number of anilines is 1. The van der Waals surface area contributed by atoms with E-state index in [1.807, 2.05) is 27.1 Å². The van der Waals surface area contributed by atoms with Gasteiger partial charge in [0, 0.05) is 39.0 Å². The molecular formula is C15H25FN2O. The zero-order valence-corrected chi connectivity index (χ0v) is 12.6. The Labute approximate surface area is 115 Å². The molecule has 0 aliphatic heterocycles. The second kappa shape index (κ2) is 7.46. The average Bonchev–Trinajstić information content (AvgIpc) is 2.40. The van der Waals surface area contributed by atoms with Crippen molar-refractivity contribution in [2.24, 2.45) is 0 Å². The van der Waals surface area contributed by atoms with Gasteiger partial charge >= 0.3 is 0 Å². The summed E-state index contributed by atoms with van der Waals surface area (Å²) in [6.07, 6.45) is 0.955. The molecule has 4 heteroatoms. The zero-order chi connectivity index (χ0) is 14.4. The number of nitrogens with one attached hydrogen (secondary N) is 1. The van der Waals surface area contributed by atoms with Gasteiger partial charge in [0.15, 0.2) is 0 Å². The average molecular weight is 268 g/mol. The number of hydrogen-bond acceptors (Lipinski definition) is 3. The monoisotopic (exact) mass is 268 g/mol. The molecule has 0 radical (unpaired) electrons. The van der Waals surface area contributed by atoms with E-state index in [1.54, 1.807) is 20.1 Å². The van der Waals surface area contributed by atoms with Crippen molar-refractivity contribution in [1.82, 2.24) is 5.32 Å². The Kier molecular flexibility index (Phi) is 6.25. The molecule has 0 heterocycles. The Bertz CT molecular complexity index is 409. The lowest BCUT2D eigenvalue weighted by Gasteiger charge is -2.26. The number of hydrogen-bond donors (Lipinski definition) is 1. The number of rotatable bonds is 7. The summed E-state index contributed by atoms with van der Waals surface area (Å²) in [5.41, 5.74) is 2.75. The Morgan fingerprint density at radius 3 is 2.68 bits per heavy atom. The Hall–Kier alpha value is -1.13. The predicted molar refractivity (Wildman–Crippen MR) is 78.4 cm³/mol. The van der Waals surface area contributed by atoms with Crippen LogP contribution in [0, 0.1) is 12.7 Å². The van der Waals surface area contributed by atoms with Crippen LogP contribution in [0.5, 0.6) is 0 Å². The van der Waals surface area contributed by atoms with Crippen molar-refractivity contribution in [2.45, 2.75) is 26.3 Å². The summed E-state index contributed by atoms with van der Waals surface area (Å²) in [4.78, 5) is 2.16. The fourth-order valence-electron chi connectivity index (χ4n) is 2.08. The Morgan fingerprint density at radius 2 is 2.11 bits per heavy atom. The maximum Gasteiger partial charge on any atom is 0.126 e. The molecule has 1 unspecified atom stereocenters. The first-order valence-electron chi connectivity index (χ1n) is 6.68. The highest BCUT2D eigenvalue weighted by Crippen LogP contribution is 2.28. The molecule has 1 atom stereocenters. The molecule has 0 saturated carbocycles. The standard InChI is InChI=1S/C15H25FN2O/c1-11-9-15(18(4)7-6-8-19-5)13(10-14(11)16)12(2)17-3/h9-10,12,17H,6-8H2,1-5H3. The first-order valence-corrected chi connectivity index (χ1v) is 6.68. The summed E-state index contributed by atoms with van der Waals surface area (Å²) in [5, 5.41) is 3.17. The van der Waals surface area contributed by atoms with E-state index in [0.717, 1.165) is 30.8 Å². The molecule has 0 saturated heterocycles. The van der Waals surface area contributed by atoms with Crippen LogP contribution in [0.25, 0.3) is 0 Å². The van der Waals surface area contributed by atoms with Crippen molar-refractivity contribution >= 4 is 5.69 Å². The maximum absolute atomic E-state index is 13.8. The Balaban J connectivity index is 2.99. The summed E-state index contributed by atoms with van der Waals surface area (Å²) in [7, 11) is 5.63. The summed E-state index contributed by atoms with van der Waals surface area (Å²) in [5.74, 6) is -0.147. The number of methoxy groups -OCH3 is 1. The van der Waals surface area contributed by atoms with Crippen LogP contribution in [0.3, 0.4) is 0 Å². The molecular weight excluding hydrogens is 243 g/mol. The molecule has 1 N–H and O–H groups in total. The van der Waals surface area contributed by atoms with Crippen LogP contribution in [-0.4, -0.2) is 34.4 Å². The molecule has 0 spiro atoms. The Morgan fingerprint density at radius 1 is 1.42 bits per heavy atom. The zero-order valence-electron chi connectivity index (χ0n) is 12.6. The van der Waals surface area contributed by atoms with Crippen LogP contribution in [0.2, 0.25) is 0 Å². The van der Waals surface area contributed by atoms with Gasteiger partial charge in [0.1, 0.15) is 5.82 Å². The fourth-order valence-corrected chi connectivity index (χ4v) is 2.08. The second-order valence-electron chi connectivity index (χ2n) is 4.94. The van der Waals surface area contributed by atoms with Crippen molar-refractivity contribution in [3.05, 3.63) is 29.1 Å². The van der Waals surface area contributed by atoms with Crippen molar-refractivity contribution in [3.63, 3.8) is 0 Å². The minimum atomic E-state index is -0.147. The van der Waals surface area contributed by atoms with Crippen LogP contribution in [0.15, 0.2) is 12.1 Å². The first kappa shape index (κ1) is 15.9. The molecule has 0 fully saturated rings. The minimum absolute atomic E-state index is 0.120. The molecule has 3 nitrogen and oxygen atoms in total. The van der Waals surface area contributed by atoms with Crippen LogP contribution in [0.1, 0.15) is 30.5 Å². The van der Waals surface area contributed by atoms with Gasteiger partial charge < -0.3 is 15.0 Å². The highest BCUT2D eigenvalue weighted by molar-refractivity contribution is 5.56. The first-order chi connectivity index (χ1) is 9.01. The molecule has 108 valence electrons. The molecule has 1 aromatic rings. The number of halogens is 1. The van der Waals surface area contributed by atoms with Gasteiger partial charge in [0.25, 0.3) is 0 Å². The van der Waals surface area contributed by atoms with E-state index in [4.69, 9.17) is 4.74 Å². The number of benzene rings is 1. The van der Waals surface area contributed by atoms with Crippen molar-refractivity contribution in [3.8, 4) is 0 Å². The summed E-state index contributed by atoms with van der Waals surface area (Å²) < 4.78 is 18.8. The van der Waals surface area contributed by atoms with Crippen molar-refractivity contribution < 1.29 is 9.13 Å². The van der Waals surface area contributed by atoms with Crippen LogP contribution < -0.4 is 10.2 Å². The maximum atomic E-state index is 13.8. The predicted octanol–water partition coefficient (Wildman–Crippen LogP) is 2.89. The highest BCUT2D eigenvalue weighted by Gasteiger charge is 2.15. The molecule has 1 aromatic carbocycles. The largest absolute Gasteiger partial charge is 0.385 e. The topological polar surface area (TPSA) is 24.5 Å². The third-order valence-electron chi connectivity index (χ3n) is 3.46. The number of ether oxygens (including phenoxy) is 1. The van der Waals surface area contributed by atoms with Crippen LogP contribution in [0.4, 0.5) is 10.1 Å². The second-order valence-corrected chi connectivity index (χ2v) is 4.94. The van der Waals surface area contributed by atoms with Gasteiger partial charge in [-0.25, -0.2) is 4.39 Å². The third kappa shape index (κ3) is 4.18. The molecule has 19 heavy (non-hydrogen) atoms. The van der Waals surface area contributed by atoms with Crippen LogP contribution in [-0.2, 0) is 4.74 Å².